The standard InChI is InChI=1S/C14H19BrCl2O/c1-2-7-18-8-6-14(10-16,11-17)12-4-3-5-13(15)9-12/h3-5,9H,2,6-8,10-11H2,1H3. The fourth-order valence-electron chi connectivity index (χ4n) is 1.80. The minimum Gasteiger partial charge on any atom is -0.381 e. The molecule has 0 aliphatic carbocycles. The van der Waals surface area contributed by atoms with Gasteiger partial charge >= 0.3 is 0 Å². The number of rotatable bonds is 8. The molecule has 0 unspecified atom stereocenters. The third-order valence-electron chi connectivity index (χ3n) is 3.02. The lowest BCUT2D eigenvalue weighted by atomic mass is 9.81. The largest absolute Gasteiger partial charge is 0.381 e. The predicted molar refractivity (Wildman–Crippen MR) is 83.0 cm³/mol. The van der Waals surface area contributed by atoms with Gasteiger partial charge in [-0.1, -0.05) is 35.0 Å². The summed E-state index contributed by atoms with van der Waals surface area (Å²) in [6, 6.07) is 8.18. The molecule has 0 aliphatic heterocycles. The minimum absolute atomic E-state index is 0.208. The van der Waals surface area contributed by atoms with Crippen LogP contribution in [-0.2, 0) is 10.2 Å². The van der Waals surface area contributed by atoms with Crippen molar-refractivity contribution in [3.05, 3.63) is 34.3 Å². The van der Waals surface area contributed by atoms with Crippen LogP contribution in [0.4, 0.5) is 0 Å². The molecule has 0 amide bonds. The van der Waals surface area contributed by atoms with E-state index in [0.29, 0.717) is 18.4 Å². The maximum Gasteiger partial charge on any atom is 0.0475 e. The molecule has 102 valence electrons. The van der Waals surface area contributed by atoms with Crippen molar-refractivity contribution in [2.75, 3.05) is 25.0 Å². The Morgan fingerprint density at radius 2 is 1.94 bits per heavy atom. The molecule has 0 fully saturated rings. The maximum absolute atomic E-state index is 6.17. The monoisotopic (exact) mass is 352 g/mol. The van der Waals surface area contributed by atoms with Crippen molar-refractivity contribution in [2.24, 2.45) is 0 Å². The van der Waals surface area contributed by atoms with Crippen LogP contribution in [0.3, 0.4) is 0 Å². The quantitative estimate of drug-likeness (QED) is 0.473. The third-order valence-corrected chi connectivity index (χ3v) is 4.54. The average Bonchev–Trinajstić information content (AvgIpc) is 2.40. The van der Waals surface area contributed by atoms with Gasteiger partial charge in [0.2, 0.25) is 0 Å². The highest BCUT2D eigenvalue weighted by Gasteiger charge is 2.30. The van der Waals surface area contributed by atoms with Crippen LogP contribution in [0.5, 0.6) is 0 Å². The molecular weight excluding hydrogens is 335 g/mol. The molecule has 0 aliphatic rings. The van der Waals surface area contributed by atoms with E-state index >= 15 is 0 Å². The number of alkyl halides is 2. The Kier molecular flexibility index (Phi) is 7.62. The lowest BCUT2D eigenvalue weighted by molar-refractivity contribution is 0.119. The second kappa shape index (κ2) is 8.42. The van der Waals surface area contributed by atoms with Gasteiger partial charge in [-0.3, -0.25) is 0 Å². The molecule has 0 N–H and O–H groups in total. The summed E-state index contributed by atoms with van der Waals surface area (Å²) in [4.78, 5) is 0. The Hall–Kier alpha value is 0.240. The van der Waals surface area contributed by atoms with Crippen molar-refractivity contribution in [1.82, 2.24) is 0 Å². The number of benzene rings is 1. The van der Waals surface area contributed by atoms with E-state index in [0.717, 1.165) is 23.9 Å². The van der Waals surface area contributed by atoms with Crippen LogP contribution >= 0.6 is 39.1 Å². The number of halogens is 3. The minimum atomic E-state index is -0.208. The summed E-state index contributed by atoms with van der Waals surface area (Å²) >= 11 is 15.8. The summed E-state index contributed by atoms with van der Waals surface area (Å²) in [6.45, 7) is 3.59. The van der Waals surface area contributed by atoms with Gasteiger partial charge in [0.05, 0.1) is 0 Å². The molecule has 0 bridgehead atoms. The van der Waals surface area contributed by atoms with Crippen LogP contribution in [0.15, 0.2) is 28.7 Å². The Balaban J connectivity index is 2.79. The average molecular weight is 354 g/mol. The maximum atomic E-state index is 6.17. The molecule has 0 spiro atoms. The van der Waals surface area contributed by atoms with Gasteiger partial charge in [0, 0.05) is 34.9 Å². The van der Waals surface area contributed by atoms with E-state index in [1.165, 1.54) is 5.56 Å². The highest BCUT2D eigenvalue weighted by molar-refractivity contribution is 9.10. The Morgan fingerprint density at radius 3 is 2.50 bits per heavy atom. The van der Waals surface area contributed by atoms with Crippen molar-refractivity contribution in [3.8, 4) is 0 Å². The molecule has 1 rings (SSSR count). The molecule has 1 aromatic carbocycles. The zero-order valence-electron chi connectivity index (χ0n) is 10.6. The SMILES string of the molecule is CCCOCCC(CCl)(CCl)c1cccc(Br)c1. The predicted octanol–water partition coefficient (Wildman–Crippen LogP) is 4.98. The third kappa shape index (κ3) is 4.41. The molecule has 0 saturated carbocycles. The van der Waals surface area contributed by atoms with E-state index in [-0.39, 0.29) is 5.41 Å². The Labute approximate surface area is 128 Å². The van der Waals surface area contributed by atoms with Gasteiger partial charge < -0.3 is 4.74 Å². The number of hydrogen-bond donors (Lipinski definition) is 0. The highest BCUT2D eigenvalue weighted by atomic mass is 79.9. The number of hydrogen-bond acceptors (Lipinski definition) is 1. The zero-order chi connectivity index (χ0) is 13.4. The molecular formula is C14H19BrCl2O. The molecule has 0 aromatic heterocycles. The van der Waals surface area contributed by atoms with Gasteiger partial charge in [-0.05, 0) is 30.5 Å². The summed E-state index contributed by atoms with van der Waals surface area (Å²) in [5.41, 5.74) is 0.961. The second-order valence-corrected chi connectivity index (χ2v) is 5.87. The van der Waals surface area contributed by atoms with Gasteiger partial charge in [-0.15, -0.1) is 23.2 Å². The van der Waals surface area contributed by atoms with Gasteiger partial charge in [-0.2, -0.15) is 0 Å². The van der Waals surface area contributed by atoms with Crippen LogP contribution in [-0.4, -0.2) is 25.0 Å². The van der Waals surface area contributed by atoms with Crippen molar-refractivity contribution in [1.29, 1.82) is 0 Å². The summed E-state index contributed by atoms with van der Waals surface area (Å²) in [5, 5.41) is 0. The molecule has 1 aromatic rings. The summed E-state index contributed by atoms with van der Waals surface area (Å²) < 4.78 is 6.61. The van der Waals surface area contributed by atoms with Crippen molar-refractivity contribution in [3.63, 3.8) is 0 Å². The van der Waals surface area contributed by atoms with Crippen molar-refractivity contribution < 1.29 is 4.74 Å². The smallest absolute Gasteiger partial charge is 0.0475 e. The molecule has 1 nitrogen and oxygen atoms in total. The van der Waals surface area contributed by atoms with Gasteiger partial charge in [-0.25, -0.2) is 0 Å². The molecule has 0 atom stereocenters. The zero-order valence-corrected chi connectivity index (χ0v) is 13.7. The topological polar surface area (TPSA) is 9.23 Å². The normalized spacial score (nSPS) is 11.8. The van der Waals surface area contributed by atoms with E-state index in [1.54, 1.807) is 0 Å². The lowest BCUT2D eigenvalue weighted by Gasteiger charge is -2.30. The summed E-state index contributed by atoms with van der Waals surface area (Å²) in [7, 11) is 0. The van der Waals surface area contributed by atoms with Crippen molar-refractivity contribution >= 4 is 39.1 Å². The first-order valence-electron chi connectivity index (χ1n) is 6.14. The van der Waals surface area contributed by atoms with E-state index in [2.05, 4.69) is 35.0 Å². The summed E-state index contributed by atoms with van der Waals surface area (Å²) in [6.07, 6.45) is 1.88. The van der Waals surface area contributed by atoms with Crippen LogP contribution in [0.1, 0.15) is 25.3 Å². The second-order valence-electron chi connectivity index (χ2n) is 4.42. The van der Waals surface area contributed by atoms with E-state index in [4.69, 9.17) is 27.9 Å². The first-order chi connectivity index (χ1) is 8.68. The van der Waals surface area contributed by atoms with Gasteiger partial charge in [0.1, 0.15) is 0 Å². The first kappa shape index (κ1) is 16.3. The fourth-order valence-corrected chi connectivity index (χ4v) is 3.06. The van der Waals surface area contributed by atoms with Crippen molar-refractivity contribution in [2.45, 2.75) is 25.2 Å². The van der Waals surface area contributed by atoms with Crippen LogP contribution < -0.4 is 0 Å². The first-order valence-corrected chi connectivity index (χ1v) is 8.00. The Bertz CT molecular complexity index is 353. The Morgan fingerprint density at radius 1 is 1.22 bits per heavy atom. The molecule has 18 heavy (non-hydrogen) atoms. The van der Waals surface area contributed by atoms with Gasteiger partial charge in [0.25, 0.3) is 0 Å². The number of ether oxygens (including phenoxy) is 1. The van der Waals surface area contributed by atoms with Gasteiger partial charge in [0.15, 0.2) is 0 Å². The van der Waals surface area contributed by atoms with Crippen LogP contribution in [0.25, 0.3) is 0 Å². The van der Waals surface area contributed by atoms with E-state index in [1.807, 2.05) is 12.1 Å². The molecule has 0 radical (unpaired) electrons. The molecule has 0 heterocycles. The highest BCUT2D eigenvalue weighted by Crippen LogP contribution is 2.32. The fraction of sp³-hybridized carbons (Fsp3) is 0.571. The van der Waals surface area contributed by atoms with E-state index < -0.39 is 0 Å². The van der Waals surface area contributed by atoms with Crippen LogP contribution in [0.2, 0.25) is 0 Å². The lowest BCUT2D eigenvalue weighted by Crippen LogP contribution is -2.32. The van der Waals surface area contributed by atoms with E-state index in [9.17, 15) is 0 Å². The molecule has 4 heteroatoms. The summed E-state index contributed by atoms with van der Waals surface area (Å²) in [5.74, 6) is 1.00. The van der Waals surface area contributed by atoms with Crippen LogP contribution in [0, 0.1) is 0 Å². The molecule has 0 saturated heterocycles.